The van der Waals surface area contributed by atoms with E-state index in [1.807, 2.05) is 0 Å². The fourth-order valence-corrected chi connectivity index (χ4v) is 4.53. The van der Waals surface area contributed by atoms with Gasteiger partial charge < -0.3 is 13.7 Å². The molecule has 1 atom stereocenters. The molecule has 1 aromatic heterocycles. The molecule has 0 saturated carbocycles. The van der Waals surface area contributed by atoms with Gasteiger partial charge in [-0.1, -0.05) is 54.6 Å². The molecule has 4 heteroatoms. The van der Waals surface area contributed by atoms with E-state index in [1.165, 1.54) is 21.5 Å². The van der Waals surface area contributed by atoms with Crippen molar-refractivity contribution in [2.24, 2.45) is 0 Å². The van der Waals surface area contributed by atoms with Crippen LogP contribution < -0.4 is 5.46 Å². The van der Waals surface area contributed by atoms with Crippen LogP contribution in [0.15, 0.2) is 71.1 Å². The fraction of sp³-hybridized carbons (Fsp3) is 0.200. The average Bonchev–Trinajstić information content (AvgIpc) is 3.25. The Kier molecular flexibility index (Phi) is 3.44. The summed E-state index contributed by atoms with van der Waals surface area (Å²) >= 11 is 0. The van der Waals surface area contributed by atoms with E-state index >= 15 is 0 Å². The molecule has 4 aromatic carbocycles. The Morgan fingerprint density at radius 3 is 2.17 bits per heavy atom. The molecule has 1 aliphatic rings. The Morgan fingerprint density at radius 2 is 1.48 bits per heavy atom. The SMILES string of the molecule is CC1OB(c2ccc3oc4c5ccccc5c5ccccc5c4c3c2)[OH+]C1(C)C. The number of aliphatic hydroxyl groups is 1. The molecule has 1 aliphatic heterocycles. The summed E-state index contributed by atoms with van der Waals surface area (Å²) in [4.78, 5) is 0. The van der Waals surface area contributed by atoms with E-state index in [1.54, 1.807) is 0 Å². The van der Waals surface area contributed by atoms with E-state index in [0.29, 0.717) is 0 Å². The first-order chi connectivity index (χ1) is 14.0. The van der Waals surface area contributed by atoms with Gasteiger partial charge in [0.2, 0.25) is 0 Å². The summed E-state index contributed by atoms with van der Waals surface area (Å²) in [6.45, 7) is 6.35. The quantitative estimate of drug-likeness (QED) is 0.224. The van der Waals surface area contributed by atoms with Crippen LogP contribution in [0.3, 0.4) is 0 Å². The summed E-state index contributed by atoms with van der Waals surface area (Å²) in [5, 5.41) is 7.13. The summed E-state index contributed by atoms with van der Waals surface area (Å²) < 4.78 is 17.4. The highest BCUT2D eigenvalue weighted by Crippen LogP contribution is 2.40. The normalized spacial score (nSPS) is 19.1. The zero-order valence-corrected chi connectivity index (χ0v) is 16.8. The van der Waals surface area contributed by atoms with E-state index < -0.39 is 0 Å². The van der Waals surface area contributed by atoms with Crippen molar-refractivity contribution in [3.8, 4) is 0 Å². The third-order valence-corrected chi connectivity index (χ3v) is 6.43. The molecule has 0 spiro atoms. The van der Waals surface area contributed by atoms with Gasteiger partial charge in [0.15, 0.2) is 5.60 Å². The molecule has 2 heterocycles. The highest BCUT2D eigenvalue weighted by Gasteiger charge is 2.52. The van der Waals surface area contributed by atoms with Crippen LogP contribution in [-0.4, -0.2) is 23.5 Å². The summed E-state index contributed by atoms with van der Waals surface area (Å²) in [6, 6.07) is 23.4. The van der Waals surface area contributed by atoms with Gasteiger partial charge in [-0.2, -0.15) is 0 Å². The highest BCUT2D eigenvalue weighted by molar-refractivity contribution is 6.61. The average molecular weight is 381 g/mol. The van der Waals surface area contributed by atoms with Gasteiger partial charge in [-0.3, -0.25) is 0 Å². The lowest BCUT2D eigenvalue weighted by molar-refractivity contribution is -0.0261. The van der Waals surface area contributed by atoms with Crippen molar-refractivity contribution in [3.05, 3.63) is 66.7 Å². The second kappa shape index (κ2) is 5.85. The minimum absolute atomic E-state index is 0.0917. The first-order valence-corrected chi connectivity index (χ1v) is 10.2. The van der Waals surface area contributed by atoms with Crippen LogP contribution in [0.5, 0.6) is 0 Å². The first-order valence-electron chi connectivity index (χ1n) is 10.2. The molecular weight excluding hydrogens is 359 g/mol. The largest absolute Gasteiger partial charge is 0.732 e. The van der Waals surface area contributed by atoms with Crippen LogP contribution in [0.25, 0.3) is 43.5 Å². The van der Waals surface area contributed by atoms with Gasteiger partial charge in [0.25, 0.3) is 0 Å². The lowest BCUT2D eigenvalue weighted by Crippen LogP contribution is -2.38. The number of benzene rings is 4. The van der Waals surface area contributed by atoms with Gasteiger partial charge in [-0.05, 0) is 35.2 Å². The van der Waals surface area contributed by atoms with Crippen molar-refractivity contribution >= 4 is 56.1 Å². The van der Waals surface area contributed by atoms with Crippen LogP contribution >= 0.6 is 0 Å². The van der Waals surface area contributed by atoms with Crippen LogP contribution in [0.2, 0.25) is 0 Å². The smallest absolute Gasteiger partial charge is 0.505 e. The van der Waals surface area contributed by atoms with Crippen LogP contribution in [0.4, 0.5) is 0 Å². The van der Waals surface area contributed by atoms with Gasteiger partial charge in [-0.15, -0.1) is 0 Å². The zero-order valence-electron chi connectivity index (χ0n) is 16.8. The zero-order chi connectivity index (χ0) is 19.8. The molecule has 0 radical (unpaired) electrons. The predicted molar refractivity (Wildman–Crippen MR) is 121 cm³/mol. The predicted octanol–water partition coefficient (Wildman–Crippen LogP) is 5.31. The summed E-state index contributed by atoms with van der Waals surface area (Å²) in [6.07, 6.45) is 0.0917. The molecule has 3 nitrogen and oxygen atoms in total. The van der Waals surface area contributed by atoms with E-state index in [9.17, 15) is 0 Å². The Balaban J connectivity index is 1.68. The number of hydrogen-bond acceptors (Lipinski definition) is 2. The van der Waals surface area contributed by atoms with Gasteiger partial charge in [-0.25, -0.2) is 0 Å². The minimum Gasteiger partial charge on any atom is -0.505 e. The minimum atomic E-state index is -0.235. The maximum Gasteiger partial charge on any atom is 0.732 e. The monoisotopic (exact) mass is 381 g/mol. The number of furan rings is 1. The molecule has 6 rings (SSSR count). The third kappa shape index (κ3) is 2.39. The lowest BCUT2D eigenvalue weighted by atomic mass is 9.78. The Hall–Kier alpha value is -2.82. The van der Waals surface area contributed by atoms with Crippen molar-refractivity contribution in [3.63, 3.8) is 0 Å². The molecule has 1 fully saturated rings. The molecular formula is C25H22BO3+. The standard InChI is InChI=1S/C25H21BO3/c1-15-25(2,3)29-26(28-15)16-12-13-22-21(14-16)23-19-10-6-4-8-17(19)18-9-5-7-11-20(18)24(23)27-22/h4-15H,1-3H3/p+1. The van der Waals surface area contributed by atoms with Gasteiger partial charge in [0.05, 0.1) is 5.46 Å². The molecule has 0 aliphatic carbocycles. The third-order valence-electron chi connectivity index (χ3n) is 6.43. The van der Waals surface area contributed by atoms with E-state index in [4.69, 9.17) is 13.7 Å². The van der Waals surface area contributed by atoms with Crippen molar-refractivity contribution < 1.29 is 13.7 Å². The Labute approximate surface area is 169 Å². The molecule has 142 valence electrons. The number of fused-ring (bicyclic) bond motifs is 8. The van der Waals surface area contributed by atoms with E-state index in [-0.39, 0.29) is 18.8 Å². The maximum absolute atomic E-state index is 6.38. The molecule has 1 N–H and O–H groups in total. The van der Waals surface area contributed by atoms with E-state index in [2.05, 4.69) is 87.5 Å². The van der Waals surface area contributed by atoms with Crippen LogP contribution in [0.1, 0.15) is 20.8 Å². The maximum atomic E-state index is 6.38. The van der Waals surface area contributed by atoms with Crippen molar-refractivity contribution in [1.82, 2.24) is 0 Å². The van der Waals surface area contributed by atoms with Crippen molar-refractivity contribution in [2.75, 3.05) is 0 Å². The van der Waals surface area contributed by atoms with Gasteiger partial charge in [0.1, 0.15) is 17.3 Å². The molecule has 1 saturated heterocycles. The summed E-state index contributed by atoms with van der Waals surface area (Å²) in [7, 11) is -0.235. The van der Waals surface area contributed by atoms with Crippen molar-refractivity contribution in [1.29, 1.82) is 0 Å². The van der Waals surface area contributed by atoms with Crippen LogP contribution in [-0.2, 0) is 4.65 Å². The second-order valence-electron chi connectivity index (χ2n) is 8.57. The molecule has 0 bridgehead atoms. The van der Waals surface area contributed by atoms with E-state index in [0.717, 1.165) is 27.4 Å². The fourth-order valence-electron chi connectivity index (χ4n) is 4.53. The van der Waals surface area contributed by atoms with Gasteiger partial charge >= 0.3 is 7.12 Å². The van der Waals surface area contributed by atoms with Crippen molar-refractivity contribution in [2.45, 2.75) is 32.5 Å². The first kappa shape index (κ1) is 17.1. The lowest BCUT2D eigenvalue weighted by Gasteiger charge is -2.17. The topological polar surface area (TPSA) is 35.2 Å². The molecule has 1 unspecified atom stereocenters. The summed E-state index contributed by atoms with van der Waals surface area (Å²) in [5.41, 5.74) is 2.75. The highest BCUT2D eigenvalue weighted by atomic mass is 16.7. The van der Waals surface area contributed by atoms with Gasteiger partial charge in [0, 0.05) is 30.0 Å². The second-order valence-corrected chi connectivity index (χ2v) is 8.57. The Bertz CT molecular complexity index is 1420. The van der Waals surface area contributed by atoms with Crippen LogP contribution in [0, 0.1) is 0 Å². The molecule has 5 aromatic rings. The number of rotatable bonds is 1. The molecule has 0 amide bonds. The molecule has 29 heavy (non-hydrogen) atoms. The Morgan fingerprint density at radius 1 is 0.828 bits per heavy atom. The number of hydrogen-bond donors (Lipinski definition) is 0. The summed E-state index contributed by atoms with van der Waals surface area (Å²) in [5.74, 6) is 0.